The first-order valence-corrected chi connectivity index (χ1v) is 11.9. The second-order valence-electron chi connectivity index (χ2n) is 8.44. The molecule has 1 aromatic carbocycles. The largest absolute Gasteiger partial charge is 0.352 e. The highest BCUT2D eigenvalue weighted by atomic mass is 32.1. The van der Waals surface area contributed by atoms with Crippen LogP contribution in [-0.4, -0.2) is 47.1 Å². The Morgan fingerprint density at radius 1 is 1.13 bits per heavy atom. The number of hydrogen-bond donors (Lipinski definition) is 1. The minimum atomic E-state index is -0.0289. The molecule has 3 heterocycles. The van der Waals surface area contributed by atoms with Crippen LogP contribution in [0.25, 0.3) is 10.2 Å². The smallest absolute Gasteiger partial charge is 0.321 e. The molecule has 1 aliphatic rings. The van der Waals surface area contributed by atoms with E-state index >= 15 is 0 Å². The highest BCUT2D eigenvalue weighted by Gasteiger charge is 2.26. The second-order valence-corrected chi connectivity index (χ2v) is 9.64. The summed E-state index contributed by atoms with van der Waals surface area (Å²) in [5.74, 6) is 2.18. The van der Waals surface area contributed by atoms with Crippen LogP contribution in [0.2, 0.25) is 0 Å². The van der Waals surface area contributed by atoms with E-state index in [1.54, 1.807) is 11.3 Å². The maximum atomic E-state index is 12.9. The molecule has 4 rings (SSSR count). The number of anilines is 2. The Morgan fingerprint density at radius 3 is 2.52 bits per heavy atom. The topological polar surface area (TPSA) is 61.4 Å². The number of thiophene rings is 1. The average Bonchev–Trinajstić information content (AvgIpc) is 3.07. The molecule has 0 spiro atoms. The first-order valence-electron chi connectivity index (χ1n) is 11.1. The lowest BCUT2D eigenvalue weighted by atomic mass is 10.1. The number of fused-ring (bicyclic) bond motifs is 1. The Kier molecular flexibility index (Phi) is 6.14. The van der Waals surface area contributed by atoms with Crippen molar-refractivity contribution >= 4 is 39.1 Å². The molecule has 7 heteroatoms. The standard InChI is InChI=1S/C24H31N5OS/c1-6-18-9-7-8-10-19(18)25-24(30)29-13-11-28(12-14-29)22-20-16(4)17(5)31-23(20)27-21(26-22)15(2)3/h7-10,15H,6,11-14H2,1-5H3,(H,25,30). The Balaban J connectivity index is 1.52. The fourth-order valence-electron chi connectivity index (χ4n) is 4.00. The third-order valence-electron chi connectivity index (χ3n) is 6.05. The van der Waals surface area contributed by atoms with Gasteiger partial charge in [-0.2, -0.15) is 0 Å². The number of aromatic nitrogens is 2. The summed E-state index contributed by atoms with van der Waals surface area (Å²) in [5.41, 5.74) is 3.32. The first kappa shape index (κ1) is 21.6. The van der Waals surface area contributed by atoms with Crippen molar-refractivity contribution in [2.75, 3.05) is 36.4 Å². The van der Waals surface area contributed by atoms with E-state index in [0.717, 1.165) is 47.2 Å². The van der Waals surface area contributed by atoms with Gasteiger partial charge in [0.2, 0.25) is 0 Å². The Labute approximate surface area is 188 Å². The minimum Gasteiger partial charge on any atom is -0.352 e. The fourth-order valence-corrected chi connectivity index (χ4v) is 5.03. The maximum Gasteiger partial charge on any atom is 0.321 e. The molecule has 1 N–H and O–H groups in total. The quantitative estimate of drug-likeness (QED) is 0.598. The van der Waals surface area contributed by atoms with Crippen LogP contribution in [0.4, 0.5) is 16.3 Å². The van der Waals surface area contributed by atoms with Crippen LogP contribution >= 0.6 is 11.3 Å². The monoisotopic (exact) mass is 437 g/mol. The van der Waals surface area contributed by atoms with Crippen molar-refractivity contribution < 1.29 is 4.79 Å². The Morgan fingerprint density at radius 2 is 1.84 bits per heavy atom. The van der Waals surface area contributed by atoms with E-state index in [-0.39, 0.29) is 11.9 Å². The summed E-state index contributed by atoms with van der Waals surface area (Å²) in [6, 6.07) is 7.98. The number of amides is 2. The van der Waals surface area contributed by atoms with Gasteiger partial charge in [-0.1, -0.05) is 39.0 Å². The zero-order chi connectivity index (χ0) is 22.1. The van der Waals surface area contributed by atoms with E-state index in [1.165, 1.54) is 15.8 Å². The Hall–Kier alpha value is -2.67. The molecule has 0 aliphatic carbocycles. The van der Waals surface area contributed by atoms with Crippen LogP contribution in [0, 0.1) is 13.8 Å². The summed E-state index contributed by atoms with van der Waals surface area (Å²) in [4.78, 5) is 29.2. The molecule has 31 heavy (non-hydrogen) atoms. The van der Waals surface area contributed by atoms with Crippen molar-refractivity contribution in [3.63, 3.8) is 0 Å². The van der Waals surface area contributed by atoms with E-state index < -0.39 is 0 Å². The van der Waals surface area contributed by atoms with Gasteiger partial charge < -0.3 is 15.1 Å². The minimum absolute atomic E-state index is 0.0289. The van der Waals surface area contributed by atoms with Gasteiger partial charge in [-0.3, -0.25) is 0 Å². The second kappa shape index (κ2) is 8.83. The molecule has 6 nitrogen and oxygen atoms in total. The summed E-state index contributed by atoms with van der Waals surface area (Å²) in [5, 5.41) is 4.26. The third-order valence-corrected chi connectivity index (χ3v) is 7.15. The van der Waals surface area contributed by atoms with E-state index in [2.05, 4.69) is 50.9 Å². The van der Waals surface area contributed by atoms with Crippen molar-refractivity contribution in [1.82, 2.24) is 14.9 Å². The zero-order valence-corrected chi connectivity index (χ0v) is 19.8. The number of rotatable bonds is 4. The van der Waals surface area contributed by atoms with Crippen LogP contribution in [0.5, 0.6) is 0 Å². The van der Waals surface area contributed by atoms with E-state index in [0.29, 0.717) is 13.1 Å². The van der Waals surface area contributed by atoms with Gasteiger partial charge >= 0.3 is 6.03 Å². The summed E-state index contributed by atoms with van der Waals surface area (Å²) >= 11 is 1.75. The number of hydrogen-bond acceptors (Lipinski definition) is 5. The van der Waals surface area contributed by atoms with Crippen molar-refractivity contribution in [3.8, 4) is 0 Å². The zero-order valence-electron chi connectivity index (χ0n) is 19.0. The van der Waals surface area contributed by atoms with Crippen LogP contribution in [0.1, 0.15) is 48.5 Å². The van der Waals surface area contributed by atoms with Gasteiger partial charge in [-0.05, 0) is 37.5 Å². The molecule has 0 unspecified atom stereocenters. The molecule has 3 aromatic rings. The normalized spacial score (nSPS) is 14.5. The predicted molar refractivity (Wildman–Crippen MR) is 130 cm³/mol. The lowest BCUT2D eigenvalue weighted by Crippen LogP contribution is -2.50. The lowest BCUT2D eigenvalue weighted by molar-refractivity contribution is 0.208. The number of benzene rings is 1. The average molecular weight is 438 g/mol. The van der Waals surface area contributed by atoms with E-state index in [9.17, 15) is 4.79 Å². The van der Waals surface area contributed by atoms with Crippen molar-refractivity contribution in [1.29, 1.82) is 0 Å². The molecule has 0 atom stereocenters. The molecule has 2 aromatic heterocycles. The van der Waals surface area contributed by atoms with Crippen molar-refractivity contribution in [2.24, 2.45) is 0 Å². The number of piperazine rings is 1. The fraction of sp³-hybridized carbons (Fsp3) is 0.458. The van der Waals surface area contributed by atoms with Gasteiger partial charge in [-0.25, -0.2) is 14.8 Å². The van der Waals surface area contributed by atoms with Crippen LogP contribution < -0.4 is 10.2 Å². The van der Waals surface area contributed by atoms with Gasteiger partial charge in [0.15, 0.2) is 0 Å². The SMILES string of the molecule is CCc1ccccc1NC(=O)N1CCN(c2nc(C(C)C)nc3sc(C)c(C)c23)CC1. The number of nitrogens with one attached hydrogen (secondary N) is 1. The summed E-state index contributed by atoms with van der Waals surface area (Å²) in [6.07, 6.45) is 0.894. The molecular formula is C24H31N5OS. The highest BCUT2D eigenvalue weighted by molar-refractivity contribution is 7.18. The number of aryl methyl sites for hydroxylation is 3. The number of urea groups is 1. The number of carbonyl (C=O) groups excluding carboxylic acids is 1. The maximum absolute atomic E-state index is 12.9. The number of para-hydroxylation sites is 1. The van der Waals surface area contributed by atoms with Gasteiger partial charge in [0.25, 0.3) is 0 Å². The van der Waals surface area contributed by atoms with Gasteiger partial charge in [0.1, 0.15) is 16.5 Å². The summed E-state index contributed by atoms with van der Waals surface area (Å²) in [7, 11) is 0. The van der Waals surface area contributed by atoms with E-state index in [1.807, 2.05) is 23.1 Å². The van der Waals surface area contributed by atoms with Gasteiger partial charge in [0.05, 0.1) is 5.39 Å². The first-order chi connectivity index (χ1) is 14.9. The molecule has 1 aliphatic heterocycles. The molecule has 0 radical (unpaired) electrons. The molecule has 1 fully saturated rings. The molecule has 0 saturated carbocycles. The highest BCUT2D eigenvalue weighted by Crippen LogP contribution is 2.36. The van der Waals surface area contributed by atoms with Crippen molar-refractivity contribution in [3.05, 3.63) is 46.1 Å². The van der Waals surface area contributed by atoms with Crippen LogP contribution in [0.3, 0.4) is 0 Å². The van der Waals surface area contributed by atoms with Gasteiger partial charge in [-0.15, -0.1) is 11.3 Å². The predicted octanol–water partition coefficient (Wildman–Crippen LogP) is 5.35. The number of nitrogens with zero attached hydrogens (tertiary/aromatic N) is 4. The molecule has 1 saturated heterocycles. The van der Waals surface area contributed by atoms with Crippen LogP contribution in [0.15, 0.2) is 24.3 Å². The third kappa shape index (κ3) is 4.24. The summed E-state index contributed by atoms with van der Waals surface area (Å²) in [6.45, 7) is 13.5. The van der Waals surface area contributed by atoms with E-state index in [4.69, 9.17) is 9.97 Å². The van der Waals surface area contributed by atoms with Crippen LogP contribution in [-0.2, 0) is 6.42 Å². The van der Waals surface area contributed by atoms with Crippen molar-refractivity contribution in [2.45, 2.75) is 47.0 Å². The lowest BCUT2D eigenvalue weighted by Gasteiger charge is -2.36. The van der Waals surface area contributed by atoms with Gasteiger partial charge in [0, 0.05) is 42.7 Å². The Bertz CT molecular complexity index is 1100. The summed E-state index contributed by atoms with van der Waals surface area (Å²) < 4.78 is 0. The molecule has 0 bridgehead atoms. The molecular weight excluding hydrogens is 406 g/mol. The number of carbonyl (C=O) groups is 1. The molecule has 2 amide bonds. The molecule has 164 valence electrons.